The van der Waals surface area contributed by atoms with Crippen LogP contribution in [0.1, 0.15) is 23.0 Å². The van der Waals surface area contributed by atoms with Crippen molar-refractivity contribution in [3.05, 3.63) is 51.8 Å². The minimum Gasteiger partial charge on any atom is -0.471 e. The first-order chi connectivity index (χ1) is 11.1. The van der Waals surface area contributed by atoms with Crippen molar-refractivity contribution in [1.29, 1.82) is 0 Å². The first-order valence-electron chi connectivity index (χ1n) is 7.07. The van der Waals surface area contributed by atoms with Crippen molar-refractivity contribution in [1.82, 2.24) is 4.98 Å². The van der Waals surface area contributed by atoms with E-state index in [0.29, 0.717) is 35.7 Å². The normalized spacial score (nSPS) is 13.3. The van der Waals surface area contributed by atoms with Gasteiger partial charge < -0.3 is 14.4 Å². The van der Waals surface area contributed by atoms with Crippen LogP contribution in [0.25, 0.3) is 0 Å². The minimum atomic E-state index is -0.433. The van der Waals surface area contributed by atoms with Gasteiger partial charge in [0.2, 0.25) is 0 Å². The molecule has 0 saturated carbocycles. The molecule has 7 heteroatoms. The third-order valence-corrected chi connectivity index (χ3v) is 3.91. The lowest BCUT2D eigenvalue weighted by Gasteiger charge is -2.31. The Hall–Kier alpha value is -1.98. The van der Waals surface area contributed by atoms with Crippen LogP contribution in [0.2, 0.25) is 10.0 Å². The van der Waals surface area contributed by atoms with Crippen LogP contribution in [0.3, 0.4) is 0 Å². The van der Waals surface area contributed by atoms with E-state index in [9.17, 15) is 4.79 Å². The zero-order chi connectivity index (χ0) is 16.4. The van der Waals surface area contributed by atoms with E-state index in [2.05, 4.69) is 4.98 Å². The van der Waals surface area contributed by atoms with E-state index in [1.807, 2.05) is 11.0 Å². The summed E-state index contributed by atoms with van der Waals surface area (Å²) < 4.78 is 10.6. The second-order valence-electron chi connectivity index (χ2n) is 4.97. The summed E-state index contributed by atoms with van der Waals surface area (Å²) in [7, 11) is 0. The molecule has 5 nitrogen and oxygen atoms in total. The SMILES string of the molecule is CCOC(=O)c1ccc(N2COc3c(Cl)cc(Cl)cc3C2)cn1. The number of fused-ring (bicyclic) bond motifs is 1. The van der Waals surface area contributed by atoms with Gasteiger partial charge in [-0.2, -0.15) is 0 Å². The number of benzene rings is 1. The van der Waals surface area contributed by atoms with Gasteiger partial charge in [-0.25, -0.2) is 9.78 Å². The van der Waals surface area contributed by atoms with Crippen molar-refractivity contribution in [3.8, 4) is 5.75 Å². The summed E-state index contributed by atoms with van der Waals surface area (Å²) in [5, 5.41) is 1.07. The largest absolute Gasteiger partial charge is 0.471 e. The first-order valence-corrected chi connectivity index (χ1v) is 7.83. The van der Waals surface area contributed by atoms with E-state index in [0.717, 1.165) is 11.3 Å². The van der Waals surface area contributed by atoms with E-state index < -0.39 is 5.97 Å². The van der Waals surface area contributed by atoms with Crippen LogP contribution in [0, 0.1) is 0 Å². The third-order valence-electron chi connectivity index (χ3n) is 3.41. The van der Waals surface area contributed by atoms with Gasteiger partial charge in [0.15, 0.2) is 6.73 Å². The molecule has 0 aliphatic carbocycles. The zero-order valence-electron chi connectivity index (χ0n) is 12.4. The Morgan fingerprint density at radius 3 is 2.91 bits per heavy atom. The molecule has 0 saturated heterocycles. The molecule has 0 spiro atoms. The Bertz CT molecular complexity index is 735. The fourth-order valence-electron chi connectivity index (χ4n) is 2.35. The Labute approximate surface area is 143 Å². The van der Waals surface area contributed by atoms with Gasteiger partial charge in [0.1, 0.15) is 11.4 Å². The Kier molecular flexibility index (Phi) is 4.59. The molecule has 0 bridgehead atoms. The van der Waals surface area contributed by atoms with E-state index in [1.165, 1.54) is 0 Å². The van der Waals surface area contributed by atoms with Crippen LogP contribution in [-0.2, 0) is 11.3 Å². The summed E-state index contributed by atoms with van der Waals surface area (Å²) in [6.45, 7) is 3.01. The molecule has 2 aromatic rings. The van der Waals surface area contributed by atoms with Gasteiger partial charge in [0, 0.05) is 10.6 Å². The molecule has 0 amide bonds. The van der Waals surface area contributed by atoms with Crippen molar-refractivity contribution >= 4 is 34.9 Å². The number of ether oxygens (including phenoxy) is 2. The lowest BCUT2D eigenvalue weighted by molar-refractivity contribution is 0.0519. The fraction of sp³-hybridized carbons (Fsp3) is 0.250. The molecule has 0 radical (unpaired) electrons. The van der Waals surface area contributed by atoms with Crippen molar-refractivity contribution in [2.45, 2.75) is 13.5 Å². The van der Waals surface area contributed by atoms with Gasteiger partial charge in [0.05, 0.1) is 30.1 Å². The van der Waals surface area contributed by atoms with E-state index in [1.54, 1.807) is 31.3 Å². The second-order valence-corrected chi connectivity index (χ2v) is 5.81. The molecular weight excluding hydrogens is 339 g/mol. The number of halogens is 2. The Morgan fingerprint density at radius 1 is 1.39 bits per heavy atom. The molecule has 0 fully saturated rings. The molecule has 1 aliphatic heterocycles. The number of anilines is 1. The smallest absolute Gasteiger partial charge is 0.356 e. The average Bonchev–Trinajstić information content (AvgIpc) is 2.54. The van der Waals surface area contributed by atoms with Crippen LogP contribution >= 0.6 is 23.2 Å². The number of hydrogen-bond acceptors (Lipinski definition) is 5. The van der Waals surface area contributed by atoms with Crippen LogP contribution in [0.5, 0.6) is 5.75 Å². The van der Waals surface area contributed by atoms with Gasteiger partial charge in [-0.15, -0.1) is 0 Å². The fourth-order valence-corrected chi connectivity index (χ4v) is 2.94. The molecule has 1 aromatic heterocycles. The molecule has 1 aliphatic rings. The molecule has 0 unspecified atom stereocenters. The van der Waals surface area contributed by atoms with E-state index in [4.69, 9.17) is 32.7 Å². The highest BCUT2D eigenvalue weighted by Crippen LogP contribution is 2.36. The van der Waals surface area contributed by atoms with Crippen molar-refractivity contribution in [2.24, 2.45) is 0 Å². The summed E-state index contributed by atoms with van der Waals surface area (Å²) in [5.74, 6) is 0.223. The molecule has 3 rings (SSSR count). The highest BCUT2D eigenvalue weighted by molar-refractivity contribution is 6.35. The zero-order valence-corrected chi connectivity index (χ0v) is 13.9. The number of rotatable bonds is 3. The number of carbonyl (C=O) groups excluding carboxylic acids is 1. The highest BCUT2D eigenvalue weighted by Gasteiger charge is 2.21. The van der Waals surface area contributed by atoms with Crippen molar-refractivity contribution in [2.75, 3.05) is 18.2 Å². The summed E-state index contributed by atoms with van der Waals surface area (Å²) in [6.07, 6.45) is 1.62. The first kappa shape index (κ1) is 15.9. The van der Waals surface area contributed by atoms with Gasteiger partial charge >= 0.3 is 5.97 Å². The van der Waals surface area contributed by atoms with Crippen LogP contribution < -0.4 is 9.64 Å². The number of hydrogen-bond donors (Lipinski definition) is 0. The number of carbonyl (C=O) groups is 1. The quantitative estimate of drug-likeness (QED) is 0.783. The lowest BCUT2D eigenvalue weighted by Crippen LogP contribution is -2.32. The van der Waals surface area contributed by atoms with Crippen molar-refractivity contribution < 1.29 is 14.3 Å². The highest BCUT2D eigenvalue weighted by atomic mass is 35.5. The molecule has 0 atom stereocenters. The molecule has 0 N–H and O–H groups in total. The van der Waals surface area contributed by atoms with Gasteiger partial charge in [-0.1, -0.05) is 23.2 Å². The van der Waals surface area contributed by atoms with Gasteiger partial charge in [0.25, 0.3) is 0 Å². The minimum absolute atomic E-state index is 0.278. The summed E-state index contributed by atoms with van der Waals surface area (Å²) in [4.78, 5) is 17.7. The monoisotopic (exact) mass is 352 g/mol. The van der Waals surface area contributed by atoms with E-state index >= 15 is 0 Å². The summed E-state index contributed by atoms with van der Waals surface area (Å²) in [6, 6.07) is 6.93. The summed E-state index contributed by atoms with van der Waals surface area (Å²) in [5.41, 5.74) is 2.02. The standard InChI is InChI=1S/C16H14Cl2N2O3/c1-2-22-16(21)14-4-3-12(7-19-14)20-8-10-5-11(17)6-13(18)15(10)23-9-20/h3-7H,2,8-9H2,1H3. The molecule has 2 heterocycles. The number of pyridine rings is 1. The topological polar surface area (TPSA) is 51.7 Å². The molecule has 1 aromatic carbocycles. The van der Waals surface area contributed by atoms with Crippen LogP contribution in [0.15, 0.2) is 30.5 Å². The average molecular weight is 353 g/mol. The van der Waals surface area contributed by atoms with Crippen LogP contribution in [0.4, 0.5) is 5.69 Å². The maximum Gasteiger partial charge on any atom is 0.356 e. The van der Waals surface area contributed by atoms with Crippen molar-refractivity contribution in [3.63, 3.8) is 0 Å². The van der Waals surface area contributed by atoms with Crippen LogP contribution in [-0.4, -0.2) is 24.3 Å². The maximum absolute atomic E-state index is 11.6. The maximum atomic E-state index is 11.6. The summed E-state index contributed by atoms with van der Waals surface area (Å²) >= 11 is 12.2. The third kappa shape index (κ3) is 3.35. The molecular formula is C16H14Cl2N2O3. The number of esters is 1. The second kappa shape index (κ2) is 6.64. The molecule has 23 heavy (non-hydrogen) atoms. The van der Waals surface area contributed by atoms with E-state index in [-0.39, 0.29) is 5.69 Å². The lowest BCUT2D eigenvalue weighted by atomic mass is 10.1. The number of aromatic nitrogens is 1. The predicted molar refractivity (Wildman–Crippen MR) is 88.3 cm³/mol. The predicted octanol–water partition coefficient (Wildman–Crippen LogP) is 3.92. The Balaban J connectivity index is 1.79. The van der Waals surface area contributed by atoms with Gasteiger partial charge in [-0.05, 0) is 31.2 Å². The number of nitrogens with zero attached hydrogens (tertiary/aromatic N) is 2. The molecule has 120 valence electrons. The Morgan fingerprint density at radius 2 is 2.22 bits per heavy atom. The van der Waals surface area contributed by atoms with Gasteiger partial charge in [-0.3, -0.25) is 0 Å².